The number of hydrazone groups is 1. The molecule has 2 N–H and O–H groups in total. The van der Waals surface area contributed by atoms with Crippen molar-refractivity contribution in [3.63, 3.8) is 0 Å². The average Bonchev–Trinajstić information content (AvgIpc) is 3.25. The van der Waals surface area contributed by atoms with E-state index in [9.17, 15) is 8.42 Å². The molecule has 1 fully saturated rings. The molecule has 4 rings (SSSR count). The van der Waals surface area contributed by atoms with E-state index in [1.807, 2.05) is 24.3 Å². The molecular weight excluding hydrogens is 310 g/mol. The van der Waals surface area contributed by atoms with Crippen LogP contribution < -0.4 is 10.7 Å². The second kappa shape index (κ2) is 5.23. The Bertz CT molecular complexity index is 852. The number of fused-ring (bicyclic) bond motifs is 1. The van der Waals surface area contributed by atoms with Crippen LogP contribution in [0.2, 0.25) is 0 Å². The number of hydrogen-bond acceptors (Lipinski definition) is 5. The predicted octanol–water partition coefficient (Wildman–Crippen LogP) is 2.16. The zero-order valence-corrected chi connectivity index (χ0v) is 13.7. The molecule has 2 unspecified atom stereocenters. The highest BCUT2D eigenvalue weighted by Crippen LogP contribution is 2.42. The molecule has 3 aliphatic rings. The van der Waals surface area contributed by atoms with E-state index in [0.29, 0.717) is 13.0 Å². The zero-order chi connectivity index (χ0) is 16.0. The van der Waals surface area contributed by atoms with Gasteiger partial charge in [0, 0.05) is 28.6 Å². The molecule has 120 valence electrons. The normalized spacial score (nSPS) is 28.7. The minimum Gasteiger partial charge on any atom is -0.355 e. The molecule has 0 amide bonds. The van der Waals surface area contributed by atoms with Gasteiger partial charge >= 0.3 is 0 Å². The largest absolute Gasteiger partial charge is 0.355 e. The third kappa shape index (κ3) is 2.47. The number of hydrogen-bond donors (Lipinski definition) is 2. The Hall–Kier alpha value is -2.08. The molecule has 1 saturated carbocycles. The van der Waals surface area contributed by atoms with Gasteiger partial charge in [-0.05, 0) is 24.1 Å². The fraction of sp³-hybridized carbons (Fsp3) is 0.353. The Balaban J connectivity index is 1.63. The number of anilines is 1. The second-order valence-electron chi connectivity index (χ2n) is 6.10. The zero-order valence-electron chi connectivity index (χ0n) is 12.9. The van der Waals surface area contributed by atoms with E-state index in [0.717, 1.165) is 28.2 Å². The fourth-order valence-electron chi connectivity index (χ4n) is 3.26. The van der Waals surface area contributed by atoms with E-state index in [1.165, 1.54) is 0 Å². The first-order valence-electron chi connectivity index (χ1n) is 7.90. The average molecular weight is 329 g/mol. The van der Waals surface area contributed by atoms with Crippen LogP contribution in [0.15, 0.2) is 46.7 Å². The number of rotatable bonds is 3. The van der Waals surface area contributed by atoms with Crippen LogP contribution in [0, 0.1) is 5.92 Å². The monoisotopic (exact) mass is 329 g/mol. The molecular formula is C17H19N3O2S. The molecule has 5 nitrogen and oxygen atoms in total. The van der Waals surface area contributed by atoms with Crippen molar-refractivity contribution < 1.29 is 8.42 Å². The third-order valence-corrected chi connectivity index (χ3v) is 6.94. The van der Waals surface area contributed by atoms with Crippen LogP contribution in [0.3, 0.4) is 0 Å². The van der Waals surface area contributed by atoms with Gasteiger partial charge in [-0.3, -0.25) is 0 Å². The first kappa shape index (κ1) is 14.5. The van der Waals surface area contributed by atoms with Gasteiger partial charge in [-0.15, -0.1) is 0 Å². The van der Waals surface area contributed by atoms with Crippen LogP contribution in [0.25, 0.3) is 6.08 Å². The molecule has 0 saturated heterocycles. The Morgan fingerprint density at radius 1 is 1.26 bits per heavy atom. The molecule has 0 radical (unpaired) electrons. The van der Waals surface area contributed by atoms with Crippen molar-refractivity contribution in [3.8, 4) is 0 Å². The van der Waals surface area contributed by atoms with Crippen LogP contribution in [0.5, 0.6) is 0 Å². The first-order valence-corrected chi connectivity index (χ1v) is 9.61. The van der Waals surface area contributed by atoms with Gasteiger partial charge in [0.2, 0.25) is 0 Å². The summed E-state index contributed by atoms with van der Waals surface area (Å²) in [6, 6.07) is 8.12. The lowest BCUT2D eigenvalue weighted by Crippen LogP contribution is -2.18. The predicted molar refractivity (Wildman–Crippen MR) is 92.9 cm³/mol. The summed E-state index contributed by atoms with van der Waals surface area (Å²) in [7, 11) is -2.98. The summed E-state index contributed by atoms with van der Waals surface area (Å²) >= 11 is 0. The minimum absolute atomic E-state index is 0.0322. The van der Waals surface area contributed by atoms with Gasteiger partial charge in [0.1, 0.15) is 0 Å². The Morgan fingerprint density at radius 2 is 2.09 bits per heavy atom. The molecule has 0 bridgehead atoms. The lowest BCUT2D eigenvalue weighted by atomic mass is 10.0. The topological polar surface area (TPSA) is 70.6 Å². The molecule has 0 aromatic heterocycles. The van der Waals surface area contributed by atoms with Gasteiger partial charge in [0.25, 0.3) is 0 Å². The maximum atomic E-state index is 12.1. The Kier molecular flexibility index (Phi) is 3.30. The van der Waals surface area contributed by atoms with Gasteiger partial charge < -0.3 is 10.7 Å². The second-order valence-corrected chi connectivity index (χ2v) is 8.61. The van der Waals surface area contributed by atoms with Crippen molar-refractivity contribution in [1.29, 1.82) is 0 Å². The van der Waals surface area contributed by atoms with Gasteiger partial charge in [-0.25, -0.2) is 8.42 Å². The molecule has 6 heteroatoms. The van der Waals surface area contributed by atoms with Crippen LogP contribution in [0.1, 0.15) is 18.9 Å². The highest BCUT2D eigenvalue weighted by atomic mass is 32.2. The van der Waals surface area contributed by atoms with Crippen LogP contribution in [0.4, 0.5) is 5.69 Å². The van der Waals surface area contributed by atoms with Crippen molar-refractivity contribution in [1.82, 2.24) is 5.43 Å². The molecule has 2 aliphatic heterocycles. The summed E-state index contributed by atoms with van der Waals surface area (Å²) in [5.74, 6) is 0.233. The van der Waals surface area contributed by atoms with Gasteiger partial charge in [-0.1, -0.05) is 31.2 Å². The lowest BCUT2D eigenvalue weighted by Gasteiger charge is -2.18. The number of sulfone groups is 1. The fourth-order valence-corrected chi connectivity index (χ4v) is 4.82. The molecule has 2 heterocycles. The van der Waals surface area contributed by atoms with Crippen LogP contribution in [-0.4, -0.2) is 31.7 Å². The summed E-state index contributed by atoms with van der Waals surface area (Å²) in [5, 5.41) is 7.56. The van der Waals surface area contributed by atoms with Gasteiger partial charge in [-0.2, -0.15) is 5.10 Å². The molecule has 2 atom stereocenters. The number of benzene rings is 1. The van der Waals surface area contributed by atoms with Gasteiger partial charge in [0.15, 0.2) is 9.84 Å². The first-order chi connectivity index (χ1) is 11.1. The van der Waals surface area contributed by atoms with E-state index in [4.69, 9.17) is 0 Å². The van der Waals surface area contributed by atoms with Crippen molar-refractivity contribution in [2.45, 2.75) is 18.6 Å². The highest BCUT2D eigenvalue weighted by Gasteiger charge is 2.51. The summed E-state index contributed by atoms with van der Waals surface area (Å²) in [6.45, 7) is 2.35. The summed E-state index contributed by atoms with van der Waals surface area (Å²) in [4.78, 5) is 0. The SMILES string of the molecule is CCS(=O)(=O)C1CC1C1=NNCC1=C1C=Cc2ccccc2N1. The highest BCUT2D eigenvalue weighted by molar-refractivity contribution is 7.92. The number of allylic oxidation sites excluding steroid dienone is 1. The van der Waals surface area contributed by atoms with E-state index in [-0.39, 0.29) is 16.9 Å². The van der Waals surface area contributed by atoms with E-state index in [2.05, 4.69) is 28.0 Å². The van der Waals surface area contributed by atoms with E-state index >= 15 is 0 Å². The maximum Gasteiger partial charge on any atom is 0.153 e. The molecule has 1 aromatic rings. The van der Waals surface area contributed by atoms with E-state index < -0.39 is 9.84 Å². The smallest absolute Gasteiger partial charge is 0.153 e. The van der Waals surface area contributed by atoms with Crippen LogP contribution in [-0.2, 0) is 9.84 Å². The van der Waals surface area contributed by atoms with Crippen molar-refractivity contribution in [2.24, 2.45) is 11.0 Å². The molecule has 0 spiro atoms. The number of nitrogens with one attached hydrogen (secondary N) is 2. The Morgan fingerprint density at radius 3 is 2.91 bits per heavy atom. The molecule has 1 aliphatic carbocycles. The van der Waals surface area contributed by atoms with Gasteiger partial charge in [0.05, 0.1) is 17.5 Å². The van der Waals surface area contributed by atoms with Crippen molar-refractivity contribution in [3.05, 3.63) is 47.2 Å². The standard InChI is InChI=1S/C17H19N3O2S/c1-2-23(21,22)16-9-12(16)17-13(10-18-20-17)15-8-7-11-5-3-4-6-14(11)19-15/h3-8,12,16,18-19H,2,9-10H2,1H3. The Labute approximate surface area is 136 Å². The lowest BCUT2D eigenvalue weighted by molar-refractivity contribution is 0.595. The molecule has 1 aromatic carbocycles. The maximum absolute atomic E-state index is 12.1. The van der Waals surface area contributed by atoms with Crippen molar-refractivity contribution in [2.75, 3.05) is 17.6 Å². The number of para-hydroxylation sites is 1. The minimum atomic E-state index is -2.98. The number of nitrogens with zero attached hydrogens (tertiary/aromatic N) is 1. The van der Waals surface area contributed by atoms with Crippen LogP contribution >= 0.6 is 0 Å². The third-order valence-electron chi connectivity index (χ3n) is 4.70. The molecule has 23 heavy (non-hydrogen) atoms. The quantitative estimate of drug-likeness (QED) is 0.891. The van der Waals surface area contributed by atoms with E-state index in [1.54, 1.807) is 6.92 Å². The summed E-state index contributed by atoms with van der Waals surface area (Å²) in [6.07, 6.45) is 4.82. The summed E-state index contributed by atoms with van der Waals surface area (Å²) < 4.78 is 24.1. The summed E-state index contributed by atoms with van der Waals surface area (Å²) in [5.41, 5.74) is 8.22. The van der Waals surface area contributed by atoms with Crippen molar-refractivity contribution >= 4 is 27.3 Å².